The zero-order chi connectivity index (χ0) is 27.6. The molecule has 0 bridgehead atoms. The number of halogens is 2. The van der Waals surface area contributed by atoms with E-state index >= 15 is 8.78 Å². The van der Waals surface area contributed by atoms with Crippen molar-refractivity contribution in [3.8, 4) is 11.5 Å². The second kappa shape index (κ2) is 11.5. The minimum atomic E-state index is -0.689. The average Bonchev–Trinajstić information content (AvgIpc) is 3.60. The van der Waals surface area contributed by atoms with Gasteiger partial charge >= 0.3 is 0 Å². The molecule has 2 aliphatic rings. The minimum absolute atomic E-state index is 0.302. The average molecular weight is 552 g/mol. The van der Waals surface area contributed by atoms with Crippen LogP contribution in [0.15, 0.2) is 81.4 Å². The highest BCUT2D eigenvalue weighted by atomic mass is 32.2. The molecule has 0 heterocycles. The van der Waals surface area contributed by atoms with Crippen molar-refractivity contribution in [2.45, 2.75) is 105 Å². The van der Waals surface area contributed by atoms with Gasteiger partial charge in [-0.25, -0.2) is 8.78 Å². The molecule has 0 aromatic heterocycles. The van der Waals surface area contributed by atoms with E-state index in [1.807, 2.05) is 42.5 Å². The zero-order valence-corrected chi connectivity index (χ0v) is 24.5. The van der Waals surface area contributed by atoms with Crippen molar-refractivity contribution in [1.29, 1.82) is 0 Å². The first-order valence-electron chi connectivity index (χ1n) is 14.5. The highest BCUT2D eigenvalue weighted by Gasteiger charge is 2.41. The Morgan fingerprint density at radius 1 is 0.590 bits per heavy atom. The summed E-state index contributed by atoms with van der Waals surface area (Å²) in [4.78, 5) is 2.58. The van der Waals surface area contributed by atoms with Gasteiger partial charge in [0.1, 0.15) is 11.2 Å². The fourth-order valence-corrected chi connectivity index (χ4v) is 8.42. The Morgan fingerprint density at radius 2 is 1.00 bits per heavy atom. The molecule has 0 aliphatic heterocycles. The summed E-state index contributed by atoms with van der Waals surface area (Å²) in [5.41, 5.74) is -0.621. The van der Waals surface area contributed by atoms with E-state index < -0.39 is 10.9 Å². The largest absolute Gasteiger partial charge is 0.484 e. The lowest BCUT2D eigenvalue weighted by Gasteiger charge is -2.34. The fraction of sp³-hybridized carbons (Fsp3) is 0.471. The lowest BCUT2D eigenvalue weighted by Crippen LogP contribution is -2.38. The molecule has 2 nitrogen and oxygen atoms in total. The van der Waals surface area contributed by atoms with E-state index in [2.05, 4.69) is 27.7 Å². The molecule has 0 spiro atoms. The molecule has 3 aromatic carbocycles. The zero-order valence-electron chi connectivity index (χ0n) is 23.6. The van der Waals surface area contributed by atoms with Gasteiger partial charge in [-0.15, -0.1) is 0 Å². The first-order valence-corrected chi connectivity index (χ1v) is 15.7. The van der Waals surface area contributed by atoms with Gasteiger partial charge in [-0.1, -0.05) is 45.9 Å². The van der Waals surface area contributed by atoms with E-state index in [0.29, 0.717) is 23.3 Å². The topological polar surface area (TPSA) is 18.5 Å². The third-order valence-electron chi connectivity index (χ3n) is 8.89. The third kappa shape index (κ3) is 5.70. The number of benzene rings is 3. The van der Waals surface area contributed by atoms with E-state index in [4.69, 9.17) is 9.47 Å². The van der Waals surface area contributed by atoms with Crippen LogP contribution in [-0.4, -0.2) is 11.2 Å². The normalized spacial score (nSPS) is 18.3. The van der Waals surface area contributed by atoms with Crippen LogP contribution in [0.2, 0.25) is 0 Å². The minimum Gasteiger partial charge on any atom is -0.484 e. The van der Waals surface area contributed by atoms with E-state index in [0.717, 1.165) is 66.1 Å². The van der Waals surface area contributed by atoms with Crippen molar-refractivity contribution in [1.82, 2.24) is 0 Å². The standard InChI is InChI=1S/C34H41F2O2S/c1-24(2)33(18-8-9-19-33)37-31-16-14-27(22-29(31)35)39(26-12-6-5-7-13-26)28-15-17-32(30(36)23-28)38-34(25(3)4)20-10-11-21-34/h5-7,12-17,22-25H,8-11,18-21H2,1-4H3/q+1. The van der Waals surface area contributed by atoms with Crippen molar-refractivity contribution in [3.05, 3.63) is 78.4 Å². The van der Waals surface area contributed by atoms with Gasteiger partial charge in [0.2, 0.25) is 0 Å². The molecule has 0 radical (unpaired) electrons. The quantitative estimate of drug-likeness (QED) is 0.246. The first-order chi connectivity index (χ1) is 18.7. The molecule has 2 fully saturated rings. The van der Waals surface area contributed by atoms with E-state index in [-0.39, 0.29) is 22.8 Å². The van der Waals surface area contributed by atoms with Crippen LogP contribution in [-0.2, 0) is 10.9 Å². The Bertz CT molecular complexity index is 1180. The summed E-state index contributed by atoms with van der Waals surface area (Å²) in [5.74, 6) is 0.483. The Labute approximate surface area is 235 Å². The van der Waals surface area contributed by atoms with Gasteiger partial charge in [0.25, 0.3) is 0 Å². The second-order valence-corrected chi connectivity index (χ2v) is 13.9. The fourth-order valence-electron chi connectivity index (χ4n) is 6.33. The van der Waals surface area contributed by atoms with Gasteiger partial charge in [-0.05, 0) is 99.6 Å². The van der Waals surface area contributed by atoms with Crippen molar-refractivity contribution in [2.75, 3.05) is 0 Å². The molecule has 0 N–H and O–H groups in total. The second-order valence-electron chi connectivity index (χ2n) is 11.9. The molecule has 0 amide bonds. The maximum absolute atomic E-state index is 15.6. The van der Waals surface area contributed by atoms with E-state index in [9.17, 15) is 0 Å². The lowest BCUT2D eigenvalue weighted by atomic mass is 9.88. The van der Waals surface area contributed by atoms with Crippen LogP contribution >= 0.6 is 0 Å². The predicted molar refractivity (Wildman–Crippen MR) is 155 cm³/mol. The smallest absolute Gasteiger partial charge is 0.170 e. The number of hydrogen-bond donors (Lipinski definition) is 0. The summed E-state index contributed by atoms with van der Waals surface area (Å²) in [6, 6.07) is 20.5. The molecule has 2 aliphatic carbocycles. The van der Waals surface area contributed by atoms with Crippen LogP contribution in [0.3, 0.4) is 0 Å². The Morgan fingerprint density at radius 3 is 1.36 bits per heavy atom. The molecule has 0 unspecified atom stereocenters. The van der Waals surface area contributed by atoms with Gasteiger partial charge in [-0.2, -0.15) is 0 Å². The van der Waals surface area contributed by atoms with Crippen molar-refractivity contribution >= 4 is 10.9 Å². The molecule has 2 saturated carbocycles. The maximum atomic E-state index is 15.6. The molecule has 208 valence electrons. The van der Waals surface area contributed by atoms with Gasteiger partial charge in [0.15, 0.2) is 37.8 Å². The van der Waals surface area contributed by atoms with Crippen LogP contribution in [0.25, 0.3) is 0 Å². The molecule has 0 saturated heterocycles. The van der Waals surface area contributed by atoms with Gasteiger partial charge in [0, 0.05) is 12.1 Å². The first kappa shape index (κ1) is 28.0. The Hall–Kier alpha value is -2.53. The highest BCUT2D eigenvalue weighted by Crippen LogP contribution is 2.43. The number of hydrogen-bond acceptors (Lipinski definition) is 2. The van der Waals surface area contributed by atoms with Crippen LogP contribution in [0.4, 0.5) is 8.78 Å². The number of ether oxygens (including phenoxy) is 2. The summed E-state index contributed by atoms with van der Waals surface area (Å²) in [6.45, 7) is 8.62. The summed E-state index contributed by atoms with van der Waals surface area (Å²) in [7, 11) is -0.689. The summed E-state index contributed by atoms with van der Waals surface area (Å²) < 4.78 is 44.0. The summed E-state index contributed by atoms with van der Waals surface area (Å²) >= 11 is 0. The third-order valence-corrected chi connectivity index (χ3v) is 11.1. The molecule has 5 rings (SSSR count). The van der Waals surface area contributed by atoms with Crippen molar-refractivity contribution in [3.63, 3.8) is 0 Å². The van der Waals surface area contributed by atoms with Crippen LogP contribution < -0.4 is 9.47 Å². The molecule has 3 aromatic rings. The van der Waals surface area contributed by atoms with Gasteiger partial charge < -0.3 is 9.47 Å². The maximum Gasteiger partial charge on any atom is 0.170 e. The Kier molecular flexibility index (Phi) is 8.28. The monoisotopic (exact) mass is 551 g/mol. The molecule has 0 atom stereocenters. The number of rotatable bonds is 9. The Balaban J connectivity index is 1.47. The van der Waals surface area contributed by atoms with Crippen LogP contribution in [0.5, 0.6) is 11.5 Å². The van der Waals surface area contributed by atoms with E-state index in [1.54, 1.807) is 24.3 Å². The molecular weight excluding hydrogens is 510 g/mol. The van der Waals surface area contributed by atoms with Gasteiger partial charge in [-0.3, -0.25) is 0 Å². The SMILES string of the molecule is CC(C)C1(Oc2ccc([S+](c3ccccc3)c3ccc(OC4(C(C)C)CCCC4)c(F)c3)cc2F)CCCC1. The van der Waals surface area contributed by atoms with Gasteiger partial charge in [0.05, 0.1) is 10.9 Å². The van der Waals surface area contributed by atoms with E-state index in [1.165, 1.54) is 0 Å². The van der Waals surface area contributed by atoms with Crippen molar-refractivity contribution in [2.24, 2.45) is 11.8 Å². The summed E-state index contributed by atoms with van der Waals surface area (Å²) in [5, 5.41) is 0. The molecule has 39 heavy (non-hydrogen) atoms. The van der Waals surface area contributed by atoms with Crippen LogP contribution in [0.1, 0.15) is 79.1 Å². The highest BCUT2D eigenvalue weighted by molar-refractivity contribution is 7.97. The molecule has 5 heteroatoms. The summed E-state index contributed by atoms with van der Waals surface area (Å²) in [6.07, 6.45) is 8.24. The lowest BCUT2D eigenvalue weighted by molar-refractivity contribution is 0.0250. The van der Waals surface area contributed by atoms with Crippen LogP contribution in [0, 0.1) is 23.5 Å². The predicted octanol–water partition coefficient (Wildman–Crippen LogP) is 9.76. The van der Waals surface area contributed by atoms with Crippen molar-refractivity contribution < 1.29 is 18.3 Å². The molecular formula is C34H41F2O2S+.